The highest BCUT2D eigenvalue weighted by Crippen LogP contribution is 2.31. The van der Waals surface area contributed by atoms with Gasteiger partial charge in [-0.2, -0.15) is 0 Å². The summed E-state index contributed by atoms with van der Waals surface area (Å²) in [5.41, 5.74) is 1.13. The Bertz CT molecular complexity index is 613. The molecule has 0 unspecified atom stereocenters. The number of sulfonamides is 1. The highest BCUT2D eigenvalue weighted by Gasteiger charge is 2.36. The van der Waals surface area contributed by atoms with Crippen molar-refractivity contribution in [2.45, 2.75) is 23.8 Å². The molecule has 0 radical (unpaired) electrons. The minimum absolute atomic E-state index is 0.153. The molecule has 2 saturated heterocycles. The van der Waals surface area contributed by atoms with E-state index >= 15 is 0 Å². The van der Waals surface area contributed by atoms with Crippen molar-refractivity contribution in [2.24, 2.45) is 11.8 Å². The molecule has 2 atom stereocenters. The van der Waals surface area contributed by atoms with Crippen LogP contribution in [0.15, 0.2) is 29.2 Å². The lowest BCUT2D eigenvalue weighted by Crippen LogP contribution is -2.26. The van der Waals surface area contributed by atoms with E-state index in [1.807, 2.05) is 12.1 Å². The van der Waals surface area contributed by atoms with Crippen LogP contribution in [0.2, 0.25) is 0 Å². The SMILES string of the molecule is O=S(=O)(NC1CC1)c1ccc(N2C[C@H]3CNC[C@H]3C2)cc1. The second kappa shape index (κ2) is 4.97. The molecule has 0 aromatic heterocycles. The van der Waals surface area contributed by atoms with Crippen LogP contribution in [0, 0.1) is 11.8 Å². The van der Waals surface area contributed by atoms with E-state index in [4.69, 9.17) is 0 Å². The number of hydrogen-bond donors (Lipinski definition) is 2. The Hall–Kier alpha value is -1.11. The summed E-state index contributed by atoms with van der Waals surface area (Å²) in [6.07, 6.45) is 1.92. The van der Waals surface area contributed by atoms with Crippen molar-refractivity contribution >= 4 is 15.7 Å². The van der Waals surface area contributed by atoms with Crippen LogP contribution in [0.1, 0.15) is 12.8 Å². The highest BCUT2D eigenvalue weighted by atomic mass is 32.2. The molecule has 4 rings (SSSR count). The number of fused-ring (bicyclic) bond motifs is 1. The maximum Gasteiger partial charge on any atom is 0.240 e. The summed E-state index contributed by atoms with van der Waals surface area (Å²) in [6.45, 7) is 4.37. The number of nitrogens with zero attached hydrogens (tertiary/aromatic N) is 1. The lowest BCUT2D eigenvalue weighted by molar-refractivity contribution is 0.533. The van der Waals surface area contributed by atoms with Crippen LogP contribution < -0.4 is 14.9 Å². The fourth-order valence-corrected chi connectivity index (χ4v) is 4.70. The fraction of sp³-hybridized carbons (Fsp3) is 0.600. The smallest absolute Gasteiger partial charge is 0.240 e. The van der Waals surface area contributed by atoms with Crippen LogP contribution in [0.4, 0.5) is 5.69 Å². The second-order valence-electron chi connectivity index (χ2n) is 6.47. The molecule has 1 saturated carbocycles. The minimum Gasteiger partial charge on any atom is -0.371 e. The van der Waals surface area contributed by atoms with Gasteiger partial charge >= 0.3 is 0 Å². The zero-order valence-electron chi connectivity index (χ0n) is 12.0. The van der Waals surface area contributed by atoms with Crippen molar-refractivity contribution in [1.29, 1.82) is 0 Å². The van der Waals surface area contributed by atoms with Gasteiger partial charge in [0.25, 0.3) is 0 Å². The molecular formula is C15H21N3O2S. The fourth-order valence-electron chi connectivity index (χ4n) is 3.39. The monoisotopic (exact) mass is 307 g/mol. The molecule has 5 nitrogen and oxygen atoms in total. The van der Waals surface area contributed by atoms with Gasteiger partial charge in [0.1, 0.15) is 0 Å². The quantitative estimate of drug-likeness (QED) is 0.863. The van der Waals surface area contributed by atoms with Crippen LogP contribution in [0.25, 0.3) is 0 Å². The van der Waals surface area contributed by atoms with Gasteiger partial charge in [0, 0.05) is 37.9 Å². The predicted molar refractivity (Wildman–Crippen MR) is 81.8 cm³/mol. The largest absolute Gasteiger partial charge is 0.371 e. The number of hydrogen-bond acceptors (Lipinski definition) is 4. The Labute approximate surface area is 125 Å². The molecule has 1 aromatic rings. The van der Waals surface area contributed by atoms with Gasteiger partial charge in [0.15, 0.2) is 0 Å². The molecule has 21 heavy (non-hydrogen) atoms. The van der Waals surface area contributed by atoms with E-state index in [-0.39, 0.29) is 6.04 Å². The molecule has 0 spiro atoms. The third-order valence-corrected chi connectivity index (χ3v) is 6.34. The van der Waals surface area contributed by atoms with E-state index in [1.165, 1.54) is 0 Å². The Morgan fingerprint density at radius 2 is 1.67 bits per heavy atom. The first-order valence-corrected chi connectivity index (χ1v) is 9.18. The lowest BCUT2D eigenvalue weighted by Gasteiger charge is -2.20. The summed E-state index contributed by atoms with van der Waals surface area (Å²) in [5.74, 6) is 1.48. The maximum atomic E-state index is 12.1. The van der Waals surface area contributed by atoms with E-state index < -0.39 is 10.0 Å². The number of rotatable bonds is 4. The third-order valence-electron chi connectivity index (χ3n) is 4.80. The van der Waals surface area contributed by atoms with Crippen molar-refractivity contribution in [1.82, 2.24) is 10.0 Å². The molecule has 2 N–H and O–H groups in total. The Kier molecular flexibility index (Phi) is 3.20. The van der Waals surface area contributed by atoms with Crippen molar-refractivity contribution in [3.05, 3.63) is 24.3 Å². The minimum atomic E-state index is -3.33. The lowest BCUT2D eigenvalue weighted by atomic mass is 10.0. The third kappa shape index (κ3) is 2.67. The summed E-state index contributed by atoms with van der Waals surface area (Å²) in [7, 11) is -3.33. The number of nitrogens with one attached hydrogen (secondary N) is 2. The van der Waals surface area contributed by atoms with Gasteiger partial charge in [0.05, 0.1) is 4.90 Å². The standard InChI is InChI=1S/C15H21N3O2S/c19-21(20,17-13-1-2-13)15-5-3-14(4-6-15)18-9-11-7-16-8-12(11)10-18/h3-6,11-13,16-17H,1-2,7-10H2/t11-,12+. The Balaban J connectivity index is 1.48. The van der Waals surface area contributed by atoms with Crippen LogP contribution in [0.5, 0.6) is 0 Å². The van der Waals surface area contributed by atoms with Crippen molar-refractivity contribution in [2.75, 3.05) is 31.1 Å². The highest BCUT2D eigenvalue weighted by molar-refractivity contribution is 7.89. The molecule has 2 aliphatic heterocycles. The van der Waals surface area contributed by atoms with Gasteiger partial charge in [-0.3, -0.25) is 0 Å². The van der Waals surface area contributed by atoms with Crippen molar-refractivity contribution in [3.63, 3.8) is 0 Å². The van der Waals surface area contributed by atoms with Crippen LogP contribution >= 0.6 is 0 Å². The van der Waals surface area contributed by atoms with Crippen molar-refractivity contribution in [3.8, 4) is 0 Å². The molecule has 3 aliphatic rings. The van der Waals surface area contributed by atoms with Gasteiger partial charge in [-0.05, 0) is 48.9 Å². The number of benzene rings is 1. The van der Waals surface area contributed by atoms with Crippen LogP contribution in [-0.2, 0) is 10.0 Å². The van der Waals surface area contributed by atoms with Gasteiger partial charge in [-0.1, -0.05) is 0 Å². The molecule has 0 bridgehead atoms. The molecule has 2 heterocycles. The number of anilines is 1. The van der Waals surface area contributed by atoms with Gasteiger partial charge in [-0.25, -0.2) is 13.1 Å². The average molecular weight is 307 g/mol. The van der Waals surface area contributed by atoms with E-state index in [2.05, 4.69) is 14.9 Å². The van der Waals surface area contributed by atoms with Crippen LogP contribution in [-0.4, -0.2) is 40.6 Å². The van der Waals surface area contributed by atoms with E-state index in [0.717, 1.165) is 56.5 Å². The molecule has 1 aromatic carbocycles. The second-order valence-corrected chi connectivity index (χ2v) is 8.19. The van der Waals surface area contributed by atoms with Crippen molar-refractivity contribution < 1.29 is 8.42 Å². The first-order chi connectivity index (χ1) is 10.1. The van der Waals surface area contributed by atoms with E-state index in [0.29, 0.717) is 4.90 Å². The molecule has 0 amide bonds. The average Bonchev–Trinajstić information content (AvgIpc) is 3.00. The predicted octanol–water partition coefficient (Wildman–Crippen LogP) is 0.783. The van der Waals surface area contributed by atoms with Crippen LogP contribution in [0.3, 0.4) is 0 Å². The first-order valence-electron chi connectivity index (χ1n) is 7.70. The molecule has 1 aliphatic carbocycles. The van der Waals surface area contributed by atoms with E-state index in [9.17, 15) is 8.42 Å². The van der Waals surface area contributed by atoms with Gasteiger partial charge in [-0.15, -0.1) is 0 Å². The molecule has 6 heteroatoms. The zero-order valence-corrected chi connectivity index (χ0v) is 12.8. The topological polar surface area (TPSA) is 61.4 Å². The summed E-state index contributed by atoms with van der Waals surface area (Å²) >= 11 is 0. The Morgan fingerprint density at radius 1 is 1.05 bits per heavy atom. The Morgan fingerprint density at radius 3 is 2.24 bits per heavy atom. The first kappa shape index (κ1) is 13.5. The molecule has 114 valence electrons. The maximum absolute atomic E-state index is 12.1. The zero-order chi connectivity index (χ0) is 14.4. The van der Waals surface area contributed by atoms with Gasteiger partial charge in [0.2, 0.25) is 10.0 Å². The summed E-state index contributed by atoms with van der Waals surface area (Å²) in [5, 5.41) is 3.44. The summed E-state index contributed by atoms with van der Waals surface area (Å²) in [4.78, 5) is 2.75. The molecular weight excluding hydrogens is 286 g/mol. The molecule has 3 fully saturated rings. The normalized spacial score (nSPS) is 28.9. The van der Waals surface area contributed by atoms with E-state index in [1.54, 1.807) is 12.1 Å². The summed E-state index contributed by atoms with van der Waals surface area (Å²) in [6, 6.07) is 7.49. The van der Waals surface area contributed by atoms with Gasteiger partial charge < -0.3 is 10.2 Å². The summed E-state index contributed by atoms with van der Waals surface area (Å²) < 4.78 is 27.0.